The van der Waals surface area contributed by atoms with Crippen molar-refractivity contribution in [2.45, 2.75) is 44.2 Å². The van der Waals surface area contributed by atoms with E-state index in [0.29, 0.717) is 13.2 Å². The van der Waals surface area contributed by atoms with E-state index in [1.807, 2.05) is 6.92 Å². The molecule has 1 atom stereocenters. The van der Waals surface area contributed by atoms with Crippen molar-refractivity contribution in [3.63, 3.8) is 0 Å². The van der Waals surface area contributed by atoms with Crippen molar-refractivity contribution < 1.29 is 14.3 Å². The molecule has 0 aromatic rings. The molecule has 1 unspecified atom stereocenters. The smallest absolute Gasteiger partial charge is 0.315 e. The van der Waals surface area contributed by atoms with Crippen molar-refractivity contribution >= 4 is 11.9 Å². The van der Waals surface area contributed by atoms with Gasteiger partial charge in [0.1, 0.15) is 0 Å². The zero-order valence-electron chi connectivity index (χ0n) is 14.6. The number of carbonyl (C=O) groups excluding carboxylic acids is 2. The monoisotopic (exact) mass is 326 g/mol. The molecule has 0 aromatic carbocycles. The van der Waals surface area contributed by atoms with Gasteiger partial charge in [-0.05, 0) is 32.6 Å². The summed E-state index contributed by atoms with van der Waals surface area (Å²) < 4.78 is 5.46. The van der Waals surface area contributed by atoms with E-state index in [-0.39, 0.29) is 23.5 Å². The Hall–Kier alpha value is -1.34. The Bertz CT molecular complexity index is 414. The molecule has 2 aliphatic rings. The standard InChI is InChI=1S/C16H30N4O3/c1-16(7-4-10-23-12-16)18-15(22)17-13-5-8-20(9-6-13)11-14(21)19(2)3/h13H,4-12H2,1-3H3,(H2,17,18,22). The summed E-state index contributed by atoms with van der Waals surface area (Å²) in [6.45, 7) is 5.52. The number of amides is 3. The second kappa shape index (κ2) is 7.97. The average molecular weight is 326 g/mol. The van der Waals surface area contributed by atoms with Gasteiger partial charge in [-0.15, -0.1) is 0 Å². The van der Waals surface area contributed by atoms with Gasteiger partial charge in [0.15, 0.2) is 0 Å². The number of likely N-dealkylation sites (N-methyl/N-ethyl adjacent to an activating group) is 1. The van der Waals surface area contributed by atoms with E-state index >= 15 is 0 Å². The van der Waals surface area contributed by atoms with Crippen LogP contribution in [0.15, 0.2) is 0 Å². The Labute approximate surface area is 138 Å². The fraction of sp³-hybridized carbons (Fsp3) is 0.875. The lowest BCUT2D eigenvalue weighted by Gasteiger charge is -2.36. The third-order valence-corrected chi connectivity index (χ3v) is 4.63. The van der Waals surface area contributed by atoms with Crippen LogP contribution in [0.5, 0.6) is 0 Å². The lowest BCUT2D eigenvalue weighted by Crippen LogP contribution is -2.57. The normalized spacial score (nSPS) is 26.6. The summed E-state index contributed by atoms with van der Waals surface area (Å²) in [7, 11) is 3.55. The van der Waals surface area contributed by atoms with E-state index in [1.165, 1.54) is 0 Å². The van der Waals surface area contributed by atoms with Crippen LogP contribution >= 0.6 is 0 Å². The molecule has 0 radical (unpaired) electrons. The Morgan fingerprint density at radius 2 is 2.00 bits per heavy atom. The summed E-state index contributed by atoms with van der Waals surface area (Å²) in [5.41, 5.74) is -0.263. The van der Waals surface area contributed by atoms with Crippen molar-refractivity contribution in [2.24, 2.45) is 0 Å². The van der Waals surface area contributed by atoms with Crippen LogP contribution in [-0.2, 0) is 9.53 Å². The fourth-order valence-electron chi connectivity index (χ4n) is 3.10. The van der Waals surface area contributed by atoms with Gasteiger partial charge < -0.3 is 20.3 Å². The number of ether oxygens (including phenoxy) is 1. The molecule has 0 bridgehead atoms. The minimum absolute atomic E-state index is 0.110. The van der Waals surface area contributed by atoms with Gasteiger partial charge in [0.2, 0.25) is 5.91 Å². The van der Waals surface area contributed by atoms with E-state index in [9.17, 15) is 9.59 Å². The summed E-state index contributed by atoms with van der Waals surface area (Å²) in [5.74, 6) is 0.124. The largest absolute Gasteiger partial charge is 0.379 e. The lowest BCUT2D eigenvalue weighted by molar-refractivity contribution is -0.130. The molecular weight excluding hydrogens is 296 g/mol. The first kappa shape index (κ1) is 18.0. The number of piperidine rings is 1. The summed E-state index contributed by atoms with van der Waals surface area (Å²) >= 11 is 0. The molecule has 132 valence electrons. The Balaban J connectivity index is 1.69. The summed E-state index contributed by atoms with van der Waals surface area (Å²) in [4.78, 5) is 27.7. The Morgan fingerprint density at radius 3 is 2.57 bits per heavy atom. The van der Waals surface area contributed by atoms with Crippen molar-refractivity contribution in [2.75, 3.05) is 46.9 Å². The maximum absolute atomic E-state index is 12.2. The first-order valence-corrected chi connectivity index (χ1v) is 8.47. The molecule has 2 heterocycles. The predicted molar refractivity (Wildman–Crippen MR) is 88.3 cm³/mol. The number of rotatable bonds is 4. The van der Waals surface area contributed by atoms with E-state index in [2.05, 4.69) is 15.5 Å². The lowest BCUT2D eigenvalue weighted by atomic mass is 9.95. The number of carbonyl (C=O) groups is 2. The maximum Gasteiger partial charge on any atom is 0.315 e. The van der Waals surface area contributed by atoms with Gasteiger partial charge in [0.05, 0.1) is 18.7 Å². The Morgan fingerprint density at radius 1 is 1.30 bits per heavy atom. The topological polar surface area (TPSA) is 73.9 Å². The molecule has 3 amide bonds. The molecule has 2 saturated heterocycles. The molecule has 7 heteroatoms. The third kappa shape index (κ3) is 5.66. The van der Waals surface area contributed by atoms with Gasteiger partial charge in [-0.1, -0.05) is 0 Å². The highest BCUT2D eigenvalue weighted by Crippen LogP contribution is 2.18. The molecule has 0 spiro atoms. The number of nitrogens with zero attached hydrogens (tertiary/aromatic N) is 2. The van der Waals surface area contributed by atoms with Crippen molar-refractivity contribution in [1.29, 1.82) is 0 Å². The van der Waals surface area contributed by atoms with Crippen molar-refractivity contribution in [3.8, 4) is 0 Å². The Kier molecular flexibility index (Phi) is 6.24. The van der Waals surface area contributed by atoms with Crippen molar-refractivity contribution in [3.05, 3.63) is 0 Å². The predicted octanol–water partition coefficient (Wildman–Crippen LogP) is 0.407. The van der Waals surface area contributed by atoms with Crippen molar-refractivity contribution in [1.82, 2.24) is 20.4 Å². The molecule has 0 aliphatic carbocycles. The molecule has 2 aliphatic heterocycles. The molecule has 2 N–H and O–H groups in total. The second-order valence-electron chi connectivity index (χ2n) is 7.15. The van der Waals surface area contributed by atoms with Gasteiger partial charge in [-0.25, -0.2) is 4.79 Å². The zero-order chi connectivity index (χ0) is 16.9. The number of hydrogen-bond acceptors (Lipinski definition) is 4. The van der Waals surface area contributed by atoms with Crippen LogP contribution in [0.3, 0.4) is 0 Å². The summed E-state index contributed by atoms with van der Waals surface area (Å²) in [6, 6.07) is 0.0645. The number of urea groups is 1. The van der Waals surface area contributed by atoms with Crippen LogP contribution in [0.2, 0.25) is 0 Å². The first-order valence-electron chi connectivity index (χ1n) is 8.47. The highest BCUT2D eigenvalue weighted by Gasteiger charge is 2.30. The van der Waals surface area contributed by atoms with Gasteiger partial charge in [-0.3, -0.25) is 9.69 Å². The summed E-state index contributed by atoms with van der Waals surface area (Å²) in [5, 5.41) is 6.11. The van der Waals surface area contributed by atoms with Crippen LogP contribution in [0.4, 0.5) is 4.79 Å². The zero-order valence-corrected chi connectivity index (χ0v) is 14.6. The van der Waals surface area contributed by atoms with E-state index < -0.39 is 0 Å². The van der Waals surface area contributed by atoms with Crippen LogP contribution < -0.4 is 10.6 Å². The molecule has 7 nitrogen and oxygen atoms in total. The van der Waals surface area contributed by atoms with Crippen LogP contribution in [0, 0.1) is 0 Å². The quantitative estimate of drug-likeness (QED) is 0.785. The van der Waals surface area contributed by atoms with E-state index in [0.717, 1.165) is 45.4 Å². The van der Waals surface area contributed by atoms with Crippen LogP contribution in [0.1, 0.15) is 32.6 Å². The molecule has 2 rings (SSSR count). The maximum atomic E-state index is 12.2. The van der Waals surface area contributed by atoms with Gasteiger partial charge in [0, 0.05) is 39.8 Å². The molecule has 2 fully saturated rings. The minimum Gasteiger partial charge on any atom is -0.379 e. The number of likely N-dealkylation sites (tertiary alicyclic amines) is 1. The number of hydrogen-bond donors (Lipinski definition) is 2. The SMILES string of the molecule is CN(C)C(=O)CN1CCC(NC(=O)NC2(C)CCCOC2)CC1. The van der Waals surface area contributed by atoms with Crippen LogP contribution in [-0.4, -0.2) is 80.3 Å². The summed E-state index contributed by atoms with van der Waals surface area (Å²) in [6.07, 6.45) is 3.68. The fourth-order valence-corrected chi connectivity index (χ4v) is 3.10. The average Bonchev–Trinajstić information content (AvgIpc) is 2.49. The molecule has 23 heavy (non-hydrogen) atoms. The number of nitrogens with one attached hydrogen (secondary N) is 2. The highest BCUT2D eigenvalue weighted by molar-refractivity contribution is 5.77. The second-order valence-corrected chi connectivity index (χ2v) is 7.15. The van der Waals surface area contributed by atoms with Gasteiger partial charge in [0.25, 0.3) is 0 Å². The minimum atomic E-state index is -0.263. The van der Waals surface area contributed by atoms with E-state index in [1.54, 1.807) is 19.0 Å². The van der Waals surface area contributed by atoms with Gasteiger partial charge in [-0.2, -0.15) is 0 Å². The molecular formula is C16H30N4O3. The highest BCUT2D eigenvalue weighted by atomic mass is 16.5. The third-order valence-electron chi connectivity index (χ3n) is 4.63. The molecule has 0 saturated carbocycles. The van der Waals surface area contributed by atoms with E-state index in [4.69, 9.17) is 4.74 Å². The van der Waals surface area contributed by atoms with Gasteiger partial charge >= 0.3 is 6.03 Å². The van der Waals surface area contributed by atoms with Crippen LogP contribution in [0.25, 0.3) is 0 Å². The molecule has 0 aromatic heterocycles. The first-order chi connectivity index (χ1) is 10.9.